The molecule has 2 heterocycles. The van der Waals surface area contributed by atoms with Crippen molar-refractivity contribution in [2.24, 2.45) is 5.92 Å². The molecule has 2 aromatic rings. The Morgan fingerprint density at radius 1 is 1.39 bits per heavy atom. The number of nitrogens with zero attached hydrogens (tertiary/aromatic N) is 3. The Morgan fingerprint density at radius 2 is 2.22 bits per heavy atom. The SMILES string of the molecule is CC(C)[C@@H](CO)Nc1cc(-c2cn[nH]c2)ncn1. The molecule has 6 nitrogen and oxygen atoms in total. The molecule has 3 N–H and O–H groups in total. The third kappa shape index (κ3) is 2.84. The number of rotatable bonds is 5. The van der Waals surface area contributed by atoms with E-state index in [-0.39, 0.29) is 12.6 Å². The normalized spacial score (nSPS) is 12.7. The van der Waals surface area contributed by atoms with Gasteiger partial charge < -0.3 is 10.4 Å². The van der Waals surface area contributed by atoms with Crippen molar-refractivity contribution in [3.63, 3.8) is 0 Å². The van der Waals surface area contributed by atoms with Crippen molar-refractivity contribution in [3.8, 4) is 11.3 Å². The van der Waals surface area contributed by atoms with Crippen LogP contribution in [0.2, 0.25) is 0 Å². The van der Waals surface area contributed by atoms with Crippen LogP contribution in [-0.2, 0) is 0 Å². The van der Waals surface area contributed by atoms with Gasteiger partial charge in [0.15, 0.2) is 0 Å². The average molecular weight is 247 g/mol. The van der Waals surface area contributed by atoms with Gasteiger partial charge in [0.25, 0.3) is 0 Å². The van der Waals surface area contributed by atoms with Gasteiger partial charge in [0.05, 0.1) is 24.5 Å². The second-order valence-electron chi connectivity index (χ2n) is 4.45. The molecular weight excluding hydrogens is 230 g/mol. The molecule has 0 fully saturated rings. The second-order valence-corrected chi connectivity index (χ2v) is 4.45. The van der Waals surface area contributed by atoms with Crippen molar-refractivity contribution in [3.05, 3.63) is 24.8 Å². The van der Waals surface area contributed by atoms with Crippen LogP contribution in [0.3, 0.4) is 0 Å². The van der Waals surface area contributed by atoms with Gasteiger partial charge in [0.1, 0.15) is 12.1 Å². The van der Waals surface area contributed by atoms with E-state index < -0.39 is 0 Å². The molecule has 0 bridgehead atoms. The lowest BCUT2D eigenvalue weighted by Gasteiger charge is -2.20. The molecule has 0 amide bonds. The number of anilines is 1. The van der Waals surface area contributed by atoms with Gasteiger partial charge >= 0.3 is 0 Å². The summed E-state index contributed by atoms with van der Waals surface area (Å²) in [6.45, 7) is 4.17. The van der Waals surface area contributed by atoms with Crippen molar-refractivity contribution >= 4 is 5.82 Å². The van der Waals surface area contributed by atoms with Crippen LogP contribution in [0.15, 0.2) is 24.8 Å². The van der Waals surface area contributed by atoms with Crippen molar-refractivity contribution in [2.75, 3.05) is 11.9 Å². The van der Waals surface area contributed by atoms with Gasteiger partial charge in [-0.15, -0.1) is 0 Å². The fourth-order valence-corrected chi connectivity index (χ4v) is 1.60. The third-order valence-corrected chi connectivity index (χ3v) is 2.80. The van der Waals surface area contributed by atoms with Crippen molar-refractivity contribution < 1.29 is 5.11 Å². The zero-order valence-electron chi connectivity index (χ0n) is 10.5. The Bertz CT molecular complexity index is 483. The minimum Gasteiger partial charge on any atom is -0.394 e. The van der Waals surface area contributed by atoms with Gasteiger partial charge in [-0.3, -0.25) is 5.10 Å². The highest BCUT2D eigenvalue weighted by Crippen LogP contribution is 2.18. The molecule has 0 aliphatic rings. The third-order valence-electron chi connectivity index (χ3n) is 2.80. The van der Waals surface area contributed by atoms with Crippen molar-refractivity contribution in [2.45, 2.75) is 19.9 Å². The van der Waals surface area contributed by atoms with Gasteiger partial charge in [0, 0.05) is 17.8 Å². The Balaban J connectivity index is 2.17. The van der Waals surface area contributed by atoms with Crippen LogP contribution < -0.4 is 5.32 Å². The highest BCUT2D eigenvalue weighted by molar-refractivity contribution is 5.60. The topological polar surface area (TPSA) is 86.7 Å². The maximum Gasteiger partial charge on any atom is 0.130 e. The number of aromatic nitrogens is 4. The summed E-state index contributed by atoms with van der Waals surface area (Å²) in [7, 11) is 0. The van der Waals surface area contributed by atoms with E-state index in [1.165, 1.54) is 6.33 Å². The first kappa shape index (κ1) is 12.5. The smallest absolute Gasteiger partial charge is 0.130 e. The van der Waals surface area contributed by atoms with Gasteiger partial charge in [0.2, 0.25) is 0 Å². The summed E-state index contributed by atoms with van der Waals surface area (Å²) < 4.78 is 0. The Kier molecular flexibility index (Phi) is 3.88. The largest absolute Gasteiger partial charge is 0.394 e. The van der Waals surface area contributed by atoms with Gasteiger partial charge in [-0.2, -0.15) is 5.10 Å². The van der Waals surface area contributed by atoms with Crippen LogP contribution in [0, 0.1) is 5.92 Å². The minimum atomic E-state index is -0.0166. The van der Waals surface area contributed by atoms with Gasteiger partial charge in [-0.05, 0) is 5.92 Å². The van der Waals surface area contributed by atoms with Gasteiger partial charge in [-0.1, -0.05) is 13.8 Å². The molecule has 0 unspecified atom stereocenters. The summed E-state index contributed by atoms with van der Waals surface area (Å²) in [5, 5.41) is 19.1. The summed E-state index contributed by atoms with van der Waals surface area (Å²) in [4.78, 5) is 8.34. The maximum absolute atomic E-state index is 9.29. The Labute approximate surface area is 105 Å². The highest BCUT2D eigenvalue weighted by atomic mass is 16.3. The first-order valence-corrected chi connectivity index (χ1v) is 5.89. The molecule has 0 aliphatic carbocycles. The number of hydrogen-bond donors (Lipinski definition) is 3. The Hall–Kier alpha value is -1.95. The summed E-state index contributed by atoms with van der Waals surface area (Å²) in [6.07, 6.45) is 4.98. The molecule has 18 heavy (non-hydrogen) atoms. The van der Waals surface area contributed by atoms with E-state index in [9.17, 15) is 5.11 Å². The lowest BCUT2D eigenvalue weighted by molar-refractivity contribution is 0.249. The molecule has 0 saturated heterocycles. The van der Waals surface area contributed by atoms with E-state index in [2.05, 4.69) is 25.5 Å². The molecule has 6 heteroatoms. The molecule has 0 saturated carbocycles. The van der Waals surface area contributed by atoms with Crippen LogP contribution in [0.4, 0.5) is 5.82 Å². The molecular formula is C12H17N5O. The van der Waals surface area contributed by atoms with Gasteiger partial charge in [-0.25, -0.2) is 9.97 Å². The zero-order chi connectivity index (χ0) is 13.0. The standard InChI is InChI=1S/C12H17N5O/c1-8(2)11(6-18)17-12-3-10(13-7-14-12)9-4-15-16-5-9/h3-5,7-8,11,18H,6H2,1-2H3,(H,15,16)(H,13,14,17)/t11-/m1/s1. The lowest BCUT2D eigenvalue weighted by atomic mass is 10.1. The van der Waals surface area contributed by atoms with E-state index in [1.807, 2.05) is 19.9 Å². The number of H-pyrrole nitrogens is 1. The maximum atomic E-state index is 9.29. The van der Waals surface area contributed by atoms with E-state index >= 15 is 0 Å². The number of aliphatic hydroxyl groups excluding tert-OH is 1. The molecule has 0 radical (unpaired) electrons. The number of aromatic amines is 1. The van der Waals surface area contributed by atoms with Crippen molar-refractivity contribution in [1.29, 1.82) is 0 Å². The second kappa shape index (κ2) is 5.59. The van der Waals surface area contributed by atoms with Crippen LogP contribution in [-0.4, -0.2) is 37.9 Å². The minimum absolute atomic E-state index is 0.0166. The van der Waals surface area contributed by atoms with Crippen LogP contribution in [0.25, 0.3) is 11.3 Å². The lowest BCUT2D eigenvalue weighted by Crippen LogP contribution is -2.29. The molecule has 96 valence electrons. The summed E-state index contributed by atoms with van der Waals surface area (Å²) in [6, 6.07) is 1.83. The number of hydrogen-bond acceptors (Lipinski definition) is 5. The van der Waals surface area contributed by atoms with E-state index in [4.69, 9.17) is 0 Å². The molecule has 2 rings (SSSR count). The van der Waals surface area contributed by atoms with Crippen LogP contribution in [0.5, 0.6) is 0 Å². The van der Waals surface area contributed by atoms with E-state index in [1.54, 1.807) is 12.4 Å². The molecule has 0 spiro atoms. The predicted octanol–water partition coefficient (Wildman–Crippen LogP) is 1.30. The van der Waals surface area contributed by atoms with Crippen molar-refractivity contribution in [1.82, 2.24) is 20.2 Å². The average Bonchev–Trinajstić information content (AvgIpc) is 2.90. The number of nitrogens with one attached hydrogen (secondary N) is 2. The quantitative estimate of drug-likeness (QED) is 0.741. The number of aliphatic hydroxyl groups is 1. The fourth-order valence-electron chi connectivity index (χ4n) is 1.60. The van der Waals surface area contributed by atoms with Crippen LogP contribution in [0.1, 0.15) is 13.8 Å². The first-order chi connectivity index (χ1) is 8.70. The summed E-state index contributed by atoms with van der Waals surface area (Å²) in [5.41, 5.74) is 1.70. The molecule has 0 aromatic carbocycles. The highest BCUT2D eigenvalue weighted by Gasteiger charge is 2.13. The molecule has 0 aliphatic heterocycles. The fraction of sp³-hybridized carbons (Fsp3) is 0.417. The Morgan fingerprint density at radius 3 is 2.83 bits per heavy atom. The zero-order valence-corrected chi connectivity index (χ0v) is 10.5. The van der Waals surface area contributed by atoms with E-state index in [0.29, 0.717) is 11.7 Å². The monoisotopic (exact) mass is 247 g/mol. The molecule has 1 atom stereocenters. The van der Waals surface area contributed by atoms with E-state index in [0.717, 1.165) is 11.3 Å². The first-order valence-electron chi connectivity index (χ1n) is 5.89. The molecule has 2 aromatic heterocycles. The van der Waals surface area contributed by atoms with Crippen LogP contribution >= 0.6 is 0 Å². The summed E-state index contributed by atoms with van der Waals surface area (Å²) in [5.74, 6) is 1.02. The predicted molar refractivity (Wildman–Crippen MR) is 68.9 cm³/mol. The summed E-state index contributed by atoms with van der Waals surface area (Å²) >= 11 is 0.